The van der Waals surface area contributed by atoms with Crippen molar-refractivity contribution in [3.8, 4) is 0 Å². The Bertz CT molecular complexity index is 339. The molecule has 4 heteroatoms. The molecule has 2 atom stereocenters. The molecular weight excluding hydrogens is 308 g/mol. The zero-order valence-electron chi connectivity index (χ0n) is 12.0. The first-order valence-electron chi connectivity index (χ1n) is 6.54. The molecule has 0 aliphatic carbocycles. The van der Waals surface area contributed by atoms with Gasteiger partial charge >= 0.3 is 0 Å². The SMILES string of the molecule is CC(C)CC(CN(C)C)NC(C)c1ccc(Br)s1. The third kappa shape index (κ3) is 5.83. The van der Waals surface area contributed by atoms with E-state index in [4.69, 9.17) is 0 Å². The minimum absolute atomic E-state index is 0.421. The van der Waals surface area contributed by atoms with Gasteiger partial charge in [-0.05, 0) is 61.4 Å². The maximum atomic E-state index is 3.76. The molecule has 1 heterocycles. The van der Waals surface area contributed by atoms with Gasteiger partial charge in [-0.2, -0.15) is 0 Å². The van der Waals surface area contributed by atoms with E-state index in [1.54, 1.807) is 0 Å². The highest BCUT2D eigenvalue weighted by Crippen LogP contribution is 2.27. The van der Waals surface area contributed by atoms with Crippen LogP contribution in [-0.4, -0.2) is 31.6 Å². The summed E-state index contributed by atoms with van der Waals surface area (Å²) in [6.45, 7) is 7.92. The molecule has 2 nitrogen and oxygen atoms in total. The number of likely N-dealkylation sites (N-methyl/N-ethyl adjacent to an activating group) is 1. The number of thiophene rings is 1. The van der Waals surface area contributed by atoms with Crippen molar-refractivity contribution in [1.29, 1.82) is 0 Å². The van der Waals surface area contributed by atoms with Crippen molar-refractivity contribution >= 4 is 27.3 Å². The van der Waals surface area contributed by atoms with Crippen molar-refractivity contribution in [3.63, 3.8) is 0 Å². The van der Waals surface area contributed by atoms with Crippen LogP contribution in [0.3, 0.4) is 0 Å². The summed E-state index contributed by atoms with van der Waals surface area (Å²) in [4.78, 5) is 3.66. The minimum atomic E-state index is 0.421. The van der Waals surface area contributed by atoms with Crippen LogP contribution in [0.5, 0.6) is 0 Å². The van der Waals surface area contributed by atoms with Gasteiger partial charge in [0.15, 0.2) is 0 Å². The van der Waals surface area contributed by atoms with Crippen LogP contribution in [0.2, 0.25) is 0 Å². The first kappa shape index (κ1) is 16.2. The standard InChI is InChI=1S/C14H25BrN2S/c1-10(2)8-12(9-17(4)5)16-11(3)13-6-7-14(15)18-13/h6-7,10-12,16H,8-9H2,1-5H3. The fourth-order valence-corrected chi connectivity index (χ4v) is 3.64. The number of hydrogen-bond acceptors (Lipinski definition) is 3. The summed E-state index contributed by atoms with van der Waals surface area (Å²) < 4.78 is 1.21. The average Bonchev–Trinajstić information content (AvgIpc) is 2.62. The molecule has 0 fully saturated rings. The van der Waals surface area contributed by atoms with E-state index in [1.807, 2.05) is 11.3 Å². The summed E-state index contributed by atoms with van der Waals surface area (Å²) in [5, 5.41) is 3.76. The summed E-state index contributed by atoms with van der Waals surface area (Å²) in [6.07, 6.45) is 1.22. The van der Waals surface area contributed by atoms with Crippen molar-refractivity contribution in [2.24, 2.45) is 5.92 Å². The molecular formula is C14H25BrN2S. The second-order valence-electron chi connectivity index (χ2n) is 5.62. The summed E-state index contributed by atoms with van der Waals surface area (Å²) in [6, 6.07) is 5.30. The molecule has 2 unspecified atom stereocenters. The zero-order valence-corrected chi connectivity index (χ0v) is 14.4. The Morgan fingerprint density at radius 3 is 2.39 bits per heavy atom. The smallest absolute Gasteiger partial charge is 0.0701 e. The van der Waals surface area contributed by atoms with Crippen LogP contribution in [0.4, 0.5) is 0 Å². The second-order valence-corrected chi connectivity index (χ2v) is 8.11. The molecule has 0 aromatic carbocycles. The van der Waals surface area contributed by atoms with Gasteiger partial charge < -0.3 is 10.2 Å². The minimum Gasteiger partial charge on any atom is -0.308 e. The monoisotopic (exact) mass is 332 g/mol. The van der Waals surface area contributed by atoms with Gasteiger partial charge in [0.2, 0.25) is 0 Å². The Hall–Kier alpha value is 0.1000. The molecule has 0 saturated heterocycles. The lowest BCUT2D eigenvalue weighted by Gasteiger charge is -2.27. The summed E-state index contributed by atoms with van der Waals surface area (Å²) in [5.74, 6) is 0.727. The molecule has 0 spiro atoms. The fraction of sp³-hybridized carbons (Fsp3) is 0.714. The van der Waals surface area contributed by atoms with E-state index in [0.717, 1.165) is 12.5 Å². The highest BCUT2D eigenvalue weighted by molar-refractivity contribution is 9.11. The molecule has 104 valence electrons. The molecule has 1 N–H and O–H groups in total. The molecule has 0 radical (unpaired) electrons. The molecule has 0 aliphatic heterocycles. The van der Waals surface area contributed by atoms with Gasteiger partial charge in [0.1, 0.15) is 0 Å². The maximum absolute atomic E-state index is 3.76. The van der Waals surface area contributed by atoms with E-state index < -0.39 is 0 Å². The number of nitrogens with one attached hydrogen (secondary N) is 1. The normalized spacial score (nSPS) is 15.3. The molecule has 0 aliphatic rings. The Morgan fingerprint density at radius 1 is 1.28 bits per heavy atom. The van der Waals surface area contributed by atoms with E-state index in [-0.39, 0.29) is 0 Å². The molecule has 0 bridgehead atoms. The van der Waals surface area contributed by atoms with Gasteiger partial charge in [0.25, 0.3) is 0 Å². The third-order valence-corrected chi connectivity index (χ3v) is 4.65. The van der Waals surface area contributed by atoms with Crippen molar-refractivity contribution in [2.45, 2.75) is 39.3 Å². The van der Waals surface area contributed by atoms with Crippen LogP contribution in [0.15, 0.2) is 15.9 Å². The van der Waals surface area contributed by atoms with Gasteiger partial charge in [0.05, 0.1) is 3.79 Å². The Labute approximate surface area is 124 Å². The van der Waals surface area contributed by atoms with Gasteiger partial charge in [-0.25, -0.2) is 0 Å². The molecule has 1 aromatic rings. The fourth-order valence-electron chi connectivity index (χ4n) is 2.20. The summed E-state index contributed by atoms with van der Waals surface area (Å²) in [5.41, 5.74) is 0. The zero-order chi connectivity index (χ0) is 13.7. The lowest BCUT2D eigenvalue weighted by molar-refractivity contribution is 0.292. The number of nitrogens with zero attached hydrogens (tertiary/aromatic N) is 1. The first-order valence-corrected chi connectivity index (χ1v) is 8.15. The molecule has 0 amide bonds. The average molecular weight is 333 g/mol. The highest BCUT2D eigenvalue weighted by atomic mass is 79.9. The van der Waals surface area contributed by atoms with E-state index in [9.17, 15) is 0 Å². The predicted octanol–water partition coefficient (Wildman–Crippen LogP) is 4.14. The Balaban J connectivity index is 2.58. The van der Waals surface area contributed by atoms with Crippen molar-refractivity contribution in [2.75, 3.05) is 20.6 Å². The van der Waals surface area contributed by atoms with E-state index >= 15 is 0 Å². The van der Waals surface area contributed by atoms with E-state index in [0.29, 0.717) is 12.1 Å². The van der Waals surface area contributed by atoms with Crippen molar-refractivity contribution in [3.05, 3.63) is 20.8 Å². The van der Waals surface area contributed by atoms with Crippen LogP contribution in [0.25, 0.3) is 0 Å². The number of rotatable bonds is 7. The van der Waals surface area contributed by atoms with E-state index in [2.05, 4.69) is 73.1 Å². The van der Waals surface area contributed by atoms with Gasteiger partial charge in [-0.3, -0.25) is 0 Å². The Kier molecular flexibility index (Phi) is 6.85. The van der Waals surface area contributed by atoms with Crippen LogP contribution in [0.1, 0.15) is 38.1 Å². The lowest BCUT2D eigenvalue weighted by atomic mass is 10.0. The van der Waals surface area contributed by atoms with Gasteiger partial charge in [-0.15, -0.1) is 11.3 Å². The maximum Gasteiger partial charge on any atom is 0.0701 e. The van der Waals surface area contributed by atoms with Crippen LogP contribution in [-0.2, 0) is 0 Å². The highest BCUT2D eigenvalue weighted by Gasteiger charge is 2.16. The third-order valence-electron chi connectivity index (χ3n) is 2.85. The lowest BCUT2D eigenvalue weighted by Crippen LogP contribution is -2.40. The molecule has 1 rings (SSSR count). The van der Waals surface area contributed by atoms with Gasteiger partial charge in [0, 0.05) is 23.5 Å². The molecule has 18 heavy (non-hydrogen) atoms. The van der Waals surface area contributed by atoms with Crippen LogP contribution in [0, 0.1) is 5.92 Å². The Morgan fingerprint density at radius 2 is 1.94 bits per heavy atom. The topological polar surface area (TPSA) is 15.3 Å². The largest absolute Gasteiger partial charge is 0.308 e. The van der Waals surface area contributed by atoms with Crippen molar-refractivity contribution in [1.82, 2.24) is 10.2 Å². The first-order chi connectivity index (χ1) is 8.38. The van der Waals surface area contributed by atoms with Crippen LogP contribution >= 0.6 is 27.3 Å². The number of halogens is 1. The molecule has 0 saturated carbocycles. The van der Waals surface area contributed by atoms with Gasteiger partial charge in [-0.1, -0.05) is 13.8 Å². The van der Waals surface area contributed by atoms with Crippen molar-refractivity contribution < 1.29 is 0 Å². The second kappa shape index (κ2) is 7.63. The van der Waals surface area contributed by atoms with E-state index in [1.165, 1.54) is 15.1 Å². The summed E-state index contributed by atoms with van der Waals surface area (Å²) >= 11 is 5.35. The predicted molar refractivity (Wildman–Crippen MR) is 85.4 cm³/mol. The molecule has 1 aromatic heterocycles. The van der Waals surface area contributed by atoms with Crippen LogP contribution < -0.4 is 5.32 Å². The number of hydrogen-bond donors (Lipinski definition) is 1. The quantitative estimate of drug-likeness (QED) is 0.807. The summed E-state index contributed by atoms with van der Waals surface area (Å²) in [7, 11) is 4.28.